The highest BCUT2D eigenvalue weighted by Crippen LogP contribution is 2.29. The summed E-state index contributed by atoms with van der Waals surface area (Å²) < 4.78 is 10.3. The molecule has 0 amide bonds. The molecule has 5 heteroatoms. The van der Waals surface area contributed by atoms with Crippen LogP contribution in [0.15, 0.2) is 10.6 Å². The highest BCUT2D eigenvalue weighted by Gasteiger charge is 2.31. The summed E-state index contributed by atoms with van der Waals surface area (Å²) >= 11 is 0. The lowest BCUT2D eigenvalue weighted by molar-refractivity contribution is 0.155. The van der Waals surface area contributed by atoms with Crippen LogP contribution < -0.4 is 5.32 Å². The highest BCUT2D eigenvalue weighted by atomic mass is 16.5. The Morgan fingerprint density at radius 3 is 3.00 bits per heavy atom. The zero-order valence-electron chi connectivity index (χ0n) is 12.3. The molecule has 1 aliphatic carbocycles. The molecule has 112 valence electrons. The molecule has 5 nitrogen and oxygen atoms in total. The molecule has 2 aliphatic rings. The Balaban J connectivity index is 1.55. The highest BCUT2D eigenvalue weighted by molar-refractivity contribution is 5.05. The molecule has 1 N–H and O–H groups in total. The van der Waals surface area contributed by atoms with E-state index in [1.165, 1.54) is 38.6 Å². The third kappa shape index (κ3) is 3.81. The van der Waals surface area contributed by atoms with Crippen molar-refractivity contribution < 1.29 is 9.26 Å². The molecule has 0 radical (unpaired) electrons. The van der Waals surface area contributed by atoms with Gasteiger partial charge in [0.05, 0.1) is 5.69 Å². The zero-order valence-corrected chi connectivity index (χ0v) is 12.3. The Morgan fingerprint density at radius 2 is 2.30 bits per heavy atom. The second kappa shape index (κ2) is 6.70. The summed E-state index contributed by atoms with van der Waals surface area (Å²) in [6, 6.07) is 3.42. The van der Waals surface area contributed by atoms with Crippen molar-refractivity contribution in [3.05, 3.63) is 17.5 Å². The van der Waals surface area contributed by atoms with Crippen LogP contribution >= 0.6 is 0 Å². The van der Waals surface area contributed by atoms with Gasteiger partial charge < -0.3 is 14.6 Å². The number of hydrogen-bond donors (Lipinski definition) is 1. The summed E-state index contributed by atoms with van der Waals surface area (Å²) in [6.45, 7) is 3.71. The minimum Gasteiger partial charge on any atom is -0.377 e. The maximum atomic E-state index is 5.28. The van der Waals surface area contributed by atoms with Crippen molar-refractivity contribution >= 4 is 0 Å². The van der Waals surface area contributed by atoms with Crippen molar-refractivity contribution in [2.45, 2.75) is 57.3 Å². The maximum absolute atomic E-state index is 5.28. The van der Waals surface area contributed by atoms with E-state index in [4.69, 9.17) is 9.26 Å². The fourth-order valence-electron chi connectivity index (χ4n) is 2.99. The van der Waals surface area contributed by atoms with Gasteiger partial charge in [-0.15, -0.1) is 0 Å². The van der Waals surface area contributed by atoms with Gasteiger partial charge in [0.15, 0.2) is 5.76 Å². The van der Waals surface area contributed by atoms with E-state index in [9.17, 15) is 0 Å². The summed E-state index contributed by atoms with van der Waals surface area (Å²) in [5.74, 6) is 0.814. The number of aromatic nitrogens is 1. The van der Waals surface area contributed by atoms with Crippen molar-refractivity contribution in [2.24, 2.45) is 0 Å². The van der Waals surface area contributed by atoms with Crippen molar-refractivity contribution in [1.82, 2.24) is 15.4 Å². The molecule has 1 saturated carbocycles. The Kier molecular flexibility index (Phi) is 4.70. The third-order valence-electron chi connectivity index (χ3n) is 4.19. The van der Waals surface area contributed by atoms with Crippen LogP contribution in [-0.4, -0.2) is 42.3 Å². The van der Waals surface area contributed by atoms with E-state index < -0.39 is 0 Å². The van der Waals surface area contributed by atoms with Crippen LogP contribution in [0, 0.1) is 0 Å². The van der Waals surface area contributed by atoms with Crippen LogP contribution in [-0.2, 0) is 17.9 Å². The van der Waals surface area contributed by atoms with Gasteiger partial charge >= 0.3 is 0 Å². The topological polar surface area (TPSA) is 50.5 Å². The van der Waals surface area contributed by atoms with Gasteiger partial charge in [0.2, 0.25) is 0 Å². The Morgan fingerprint density at radius 1 is 1.40 bits per heavy atom. The SMILES string of the molecule is COCc1cc(CN(CC2CCCCN2)C2CC2)no1. The number of hydrogen-bond acceptors (Lipinski definition) is 5. The molecule has 1 aromatic heterocycles. The Labute approximate surface area is 120 Å². The lowest BCUT2D eigenvalue weighted by Crippen LogP contribution is -2.44. The number of methoxy groups -OCH3 is 1. The van der Waals surface area contributed by atoms with E-state index >= 15 is 0 Å². The van der Waals surface area contributed by atoms with Crippen LogP contribution in [0.2, 0.25) is 0 Å². The molecule has 0 spiro atoms. The van der Waals surface area contributed by atoms with Gasteiger partial charge in [0.1, 0.15) is 6.61 Å². The Bertz CT molecular complexity index is 411. The van der Waals surface area contributed by atoms with Crippen LogP contribution in [0.1, 0.15) is 43.6 Å². The average Bonchev–Trinajstić information content (AvgIpc) is 3.22. The van der Waals surface area contributed by atoms with E-state index in [0.717, 1.165) is 30.6 Å². The zero-order chi connectivity index (χ0) is 13.8. The molecule has 0 aromatic carbocycles. The molecular formula is C15H25N3O2. The summed E-state index contributed by atoms with van der Waals surface area (Å²) in [5, 5.41) is 7.80. The fourth-order valence-corrected chi connectivity index (χ4v) is 2.99. The van der Waals surface area contributed by atoms with Gasteiger partial charge in [0, 0.05) is 38.3 Å². The van der Waals surface area contributed by atoms with E-state index in [2.05, 4.69) is 15.4 Å². The first-order valence-corrected chi connectivity index (χ1v) is 7.76. The van der Waals surface area contributed by atoms with Crippen LogP contribution in [0.4, 0.5) is 0 Å². The van der Waals surface area contributed by atoms with E-state index in [-0.39, 0.29) is 0 Å². The Hall–Kier alpha value is -0.910. The van der Waals surface area contributed by atoms with Gasteiger partial charge in [-0.2, -0.15) is 0 Å². The van der Waals surface area contributed by atoms with Crippen LogP contribution in [0.3, 0.4) is 0 Å². The third-order valence-corrected chi connectivity index (χ3v) is 4.19. The molecule has 2 heterocycles. The lowest BCUT2D eigenvalue weighted by Gasteiger charge is -2.30. The monoisotopic (exact) mass is 279 g/mol. The number of nitrogens with one attached hydrogen (secondary N) is 1. The fraction of sp³-hybridized carbons (Fsp3) is 0.800. The quantitative estimate of drug-likeness (QED) is 0.826. The molecule has 2 fully saturated rings. The molecule has 0 bridgehead atoms. The van der Waals surface area contributed by atoms with Crippen molar-refractivity contribution in [3.63, 3.8) is 0 Å². The normalized spacial score (nSPS) is 23.4. The molecule has 1 aromatic rings. The minimum absolute atomic E-state index is 0.501. The smallest absolute Gasteiger partial charge is 0.162 e. The standard InChI is InChI=1S/C15H25N3O2/c1-19-11-15-8-13(17-20-15)10-18(14-5-6-14)9-12-4-2-3-7-16-12/h8,12,14,16H,2-7,9-11H2,1H3. The van der Waals surface area contributed by atoms with Gasteiger partial charge in [-0.25, -0.2) is 0 Å². The van der Waals surface area contributed by atoms with E-state index in [1.807, 2.05) is 6.07 Å². The maximum Gasteiger partial charge on any atom is 0.162 e. The number of nitrogens with zero attached hydrogens (tertiary/aromatic N) is 2. The number of ether oxygens (including phenoxy) is 1. The van der Waals surface area contributed by atoms with Crippen LogP contribution in [0.5, 0.6) is 0 Å². The van der Waals surface area contributed by atoms with Gasteiger partial charge in [-0.1, -0.05) is 11.6 Å². The first-order valence-electron chi connectivity index (χ1n) is 7.76. The van der Waals surface area contributed by atoms with Crippen LogP contribution in [0.25, 0.3) is 0 Å². The molecule has 1 unspecified atom stereocenters. The lowest BCUT2D eigenvalue weighted by atomic mass is 10.0. The predicted octanol–water partition coefficient (Wildman–Crippen LogP) is 1.93. The van der Waals surface area contributed by atoms with Crippen molar-refractivity contribution in [3.8, 4) is 0 Å². The molecule has 20 heavy (non-hydrogen) atoms. The van der Waals surface area contributed by atoms with E-state index in [1.54, 1.807) is 7.11 Å². The first-order chi connectivity index (χ1) is 9.85. The minimum atomic E-state index is 0.501. The van der Waals surface area contributed by atoms with Gasteiger partial charge in [-0.3, -0.25) is 4.90 Å². The van der Waals surface area contributed by atoms with Gasteiger partial charge in [-0.05, 0) is 32.2 Å². The largest absolute Gasteiger partial charge is 0.377 e. The van der Waals surface area contributed by atoms with Gasteiger partial charge in [0.25, 0.3) is 0 Å². The summed E-state index contributed by atoms with van der Waals surface area (Å²) in [6.07, 6.45) is 6.64. The molecule has 3 rings (SSSR count). The summed E-state index contributed by atoms with van der Waals surface area (Å²) in [7, 11) is 1.67. The molecule has 1 aliphatic heterocycles. The second-order valence-electron chi connectivity index (χ2n) is 6.03. The van der Waals surface area contributed by atoms with E-state index in [0.29, 0.717) is 12.6 Å². The second-order valence-corrected chi connectivity index (χ2v) is 6.03. The van der Waals surface area contributed by atoms with Crippen molar-refractivity contribution in [2.75, 3.05) is 20.2 Å². The van der Waals surface area contributed by atoms with Crippen molar-refractivity contribution in [1.29, 1.82) is 0 Å². The summed E-state index contributed by atoms with van der Waals surface area (Å²) in [5.41, 5.74) is 1.03. The predicted molar refractivity (Wildman–Crippen MR) is 76.3 cm³/mol. The molecular weight excluding hydrogens is 254 g/mol. The first kappa shape index (κ1) is 14.0. The molecule has 1 atom stereocenters. The average molecular weight is 279 g/mol. The summed E-state index contributed by atoms with van der Waals surface area (Å²) in [4.78, 5) is 2.57. The number of piperidine rings is 1. The number of rotatable bonds is 7. The molecule has 1 saturated heterocycles.